The summed E-state index contributed by atoms with van der Waals surface area (Å²) in [7, 11) is 0. The zero-order valence-electron chi connectivity index (χ0n) is 19.4. The van der Waals surface area contributed by atoms with Gasteiger partial charge in [-0.2, -0.15) is 0 Å². The highest BCUT2D eigenvalue weighted by Crippen LogP contribution is 2.20. The van der Waals surface area contributed by atoms with Crippen LogP contribution in [0.5, 0.6) is 0 Å². The maximum atomic E-state index is 9.84. The molecule has 178 valence electrons. The Labute approximate surface area is 184 Å². The molecule has 0 unspecified atom stereocenters. The number of hydrogen-bond acceptors (Lipinski definition) is 5. The molecule has 4 atom stereocenters. The molecule has 5 heteroatoms. The smallest absolute Gasteiger partial charge is 0.114 e. The zero-order chi connectivity index (χ0) is 21.9. The van der Waals surface area contributed by atoms with Crippen molar-refractivity contribution < 1.29 is 24.8 Å². The quantitative estimate of drug-likeness (QED) is 0.190. The van der Waals surface area contributed by atoms with Crippen LogP contribution in [0.1, 0.15) is 103 Å². The average molecular weight is 429 g/mol. The fourth-order valence-corrected chi connectivity index (χ4v) is 3.97. The lowest BCUT2D eigenvalue weighted by Crippen LogP contribution is -2.42. The van der Waals surface area contributed by atoms with Gasteiger partial charge in [-0.25, -0.2) is 0 Å². The lowest BCUT2D eigenvalue weighted by Gasteiger charge is -2.24. The SMILES string of the molecule is CCCCCCCCCCC/C=C/CCCCCCO[C@H](CO)[C@H]1OC[C@H](O)[C@H]1O. The zero-order valence-corrected chi connectivity index (χ0v) is 19.4. The first-order valence-corrected chi connectivity index (χ1v) is 12.6. The van der Waals surface area contributed by atoms with Crippen LogP contribution in [-0.4, -0.2) is 59.6 Å². The lowest BCUT2D eigenvalue weighted by molar-refractivity contribution is -0.101. The minimum Gasteiger partial charge on any atom is -0.394 e. The van der Waals surface area contributed by atoms with Gasteiger partial charge in [-0.05, 0) is 32.1 Å². The number of aliphatic hydroxyl groups excluding tert-OH is 3. The lowest BCUT2D eigenvalue weighted by atomic mass is 10.1. The van der Waals surface area contributed by atoms with Gasteiger partial charge in [0.2, 0.25) is 0 Å². The van der Waals surface area contributed by atoms with E-state index in [4.69, 9.17) is 9.47 Å². The van der Waals surface area contributed by atoms with Crippen LogP contribution in [0.4, 0.5) is 0 Å². The minimum absolute atomic E-state index is 0.0956. The molecular weight excluding hydrogens is 380 g/mol. The highest BCUT2D eigenvalue weighted by atomic mass is 16.6. The van der Waals surface area contributed by atoms with E-state index in [2.05, 4.69) is 19.1 Å². The molecule has 30 heavy (non-hydrogen) atoms. The molecule has 0 aliphatic carbocycles. The van der Waals surface area contributed by atoms with E-state index in [0.29, 0.717) is 6.61 Å². The highest BCUT2D eigenvalue weighted by Gasteiger charge is 2.40. The Bertz CT molecular complexity index is 401. The summed E-state index contributed by atoms with van der Waals surface area (Å²) in [4.78, 5) is 0. The fraction of sp³-hybridized carbons (Fsp3) is 0.920. The van der Waals surface area contributed by atoms with E-state index in [0.717, 1.165) is 19.3 Å². The standard InChI is InChI=1S/C25H48O5/c1-2-3-4-5-6-7-8-9-10-11-12-13-14-15-16-17-18-19-29-23(20-26)25-24(28)22(27)21-30-25/h12-13,22-28H,2-11,14-21H2,1H3/b13-12+/t22-,23+,24+,25+/m0/s1. The predicted molar refractivity (Wildman–Crippen MR) is 123 cm³/mol. The van der Waals surface area contributed by atoms with E-state index in [1.165, 1.54) is 77.0 Å². The van der Waals surface area contributed by atoms with Crippen molar-refractivity contribution in [3.05, 3.63) is 12.2 Å². The third-order valence-corrected chi connectivity index (χ3v) is 5.97. The normalized spacial score (nSPS) is 22.9. The van der Waals surface area contributed by atoms with E-state index in [1.54, 1.807) is 0 Å². The number of ether oxygens (including phenoxy) is 2. The van der Waals surface area contributed by atoms with Gasteiger partial charge >= 0.3 is 0 Å². The Morgan fingerprint density at radius 2 is 1.37 bits per heavy atom. The van der Waals surface area contributed by atoms with Gasteiger partial charge in [0.1, 0.15) is 24.4 Å². The van der Waals surface area contributed by atoms with E-state index >= 15 is 0 Å². The van der Waals surface area contributed by atoms with Gasteiger partial charge in [-0.3, -0.25) is 0 Å². The molecule has 1 fully saturated rings. The molecule has 0 aromatic heterocycles. The third kappa shape index (κ3) is 13.1. The van der Waals surface area contributed by atoms with Gasteiger partial charge < -0.3 is 24.8 Å². The summed E-state index contributed by atoms with van der Waals surface area (Å²) in [5.41, 5.74) is 0. The molecule has 1 saturated heterocycles. The van der Waals surface area contributed by atoms with Crippen molar-refractivity contribution in [2.75, 3.05) is 19.8 Å². The molecule has 0 amide bonds. The summed E-state index contributed by atoms with van der Waals surface area (Å²) in [6.07, 6.45) is 20.9. The molecule has 1 heterocycles. The Balaban J connectivity index is 1.84. The van der Waals surface area contributed by atoms with E-state index in [-0.39, 0.29) is 13.2 Å². The summed E-state index contributed by atoms with van der Waals surface area (Å²) < 4.78 is 11.0. The van der Waals surface area contributed by atoms with Crippen molar-refractivity contribution in [1.82, 2.24) is 0 Å². The Hall–Kier alpha value is -0.460. The van der Waals surface area contributed by atoms with Crippen LogP contribution in [0.3, 0.4) is 0 Å². The van der Waals surface area contributed by atoms with E-state index in [9.17, 15) is 15.3 Å². The van der Waals surface area contributed by atoms with Crippen molar-refractivity contribution >= 4 is 0 Å². The molecule has 1 aliphatic heterocycles. The molecule has 3 N–H and O–H groups in total. The van der Waals surface area contributed by atoms with Crippen LogP contribution in [0.15, 0.2) is 12.2 Å². The number of hydrogen-bond donors (Lipinski definition) is 3. The monoisotopic (exact) mass is 428 g/mol. The number of aliphatic hydroxyl groups is 3. The Kier molecular flexibility index (Phi) is 17.7. The molecule has 0 radical (unpaired) electrons. The Morgan fingerprint density at radius 1 is 0.833 bits per heavy atom. The second-order valence-electron chi connectivity index (χ2n) is 8.74. The summed E-state index contributed by atoms with van der Waals surface area (Å²) >= 11 is 0. The first-order valence-electron chi connectivity index (χ1n) is 12.6. The molecule has 0 aromatic carbocycles. The van der Waals surface area contributed by atoms with Gasteiger partial charge in [-0.15, -0.1) is 0 Å². The molecule has 1 rings (SSSR count). The third-order valence-electron chi connectivity index (χ3n) is 5.97. The number of unbranched alkanes of at least 4 members (excludes halogenated alkanes) is 13. The topological polar surface area (TPSA) is 79.2 Å². The average Bonchev–Trinajstić information content (AvgIpc) is 3.08. The van der Waals surface area contributed by atoms with E-state index in [1.807, 2.05) is 0 Å². The van der Waals surface area contributed by atoms with Crippen molar-refractivity contribution in [2.45, 2.75) is 128 Å². The fourth-order valence-electron chi connectivity index (χ4n) is 3.97. The van der Waals surface area contributed by atoms with Crippen LogP contribution in [0.2, 0.25) is 0 Å². The van der Waals surface area contributed by atoms with Gasteiger partial charge in [0.25, 0.3) is 0 Å². The first kappa shape index (κ1) is 27.6. The number of allylic oxidation sites excluding steroid dienone is 2. The van der Waals surface area contributed by atoms with Crippen LogP contribution >= 0.6 is 0 Å². The Morgan fingerprint density at radius 3 is 1.87 bits per heavy atom. The largest absolute Gasteiger partial charge is 0.394 e. The summed E-state index contributed by atoms with van der Waals surface area (Å²) in [5, 5.41) is 28.8. The van der Waals surface area contributed by atoms with Crippen LogP contribution in [-0.2, 0) is 9.47 Å². The van der Waals surface area contributed by atoms with Gasteiger partial charge in [0, 0.05) is 6.61 Å². The second-order valence-corrected chi connectivity index (χ2v) is 8.74. The van der Waals surface area contributed by atoms with Crippen molar-refractivity contribution in [1.29, 1.82) is 0 Å². The molecule has 5 nitrogen and oxygen atoms in total. The maximum absolute atomic E-state index is 9.84. The molecule has 0 saturated carbocycles. The van der Waals surface area contributed by atoms with Gasteiger partial charge in [0.05, 0.1) is 13.2 Å². The van der Waals surface area contributed by atoms with Gasteiger partial charge in [0.15, 0.2) is 0 Å². The van der Waals surface area contributed by atoms with Crippen molar-refractivity contribution in [3.8, 4) is 0 Å². The van der Waals surface area contributed by atoms with Crippen LogP contribution in [0.25, 0.3) is 0 Å². The summed E-state index contributed by atoms with van der Waals surface area (Å²) in [5.74, 6) is 0. The van der Waals surface area contributed by atoms with Crippen LogP contribution < -0.4 is 0 Å². The van der Waals surface area contributed by atoms with Crippen molar-refractivity contribution in [3.63, 3.8) is 0 Å². The predicted octanol–water partition coefficient (Wildman–Crippen LogP) is 4.91. The van der Waals surface area contributed by atoms with E-state index < -0.39 is 24.4 Å². The second kappa shape index (κ2) is 19.2. The summed E-state index contributed by atoms with van der Waals surface area (Å²) in [6, 6.07) is 0. The maximum Gasteiger partial charge on any atom is 0.114 e. The molecule has 1 aliphatic rings. The molecular formula is C25H48O5. The first-order chi connectivity index (χ1) is 14.7. The minimum atomic E-state index is -0.982. The van der Waals surface area contributed by atoms with Gasteiger partial charge in [-0.1, -0.05) is 83.3 Å². The van der Waals surface area contributed by atoms with Crippen LogP contribution in [0, 0.1) is 0 Å². The van der Waals surface area contributed by atoms with Crippen molar-refractivity contribution in [2.24, 2.45) is 0 Å². The molecule has 0 spiro atoms. The molecule has 0 bridgehead atoms. The highest BCUT2D eigenvalue weighted by molar-refractivity contribution is 4.88. The number of rotatable bonds is 20. The molecule has 0 aromatic rings. The summed E-state index contributed by atoms with van der Waals surface area (Å²) in [6.45, 7) is 2.70.